The second-order valence-corrected chi connectivity index (χ2v) is 5.00. The molecule has 3 heteroatoms. The maximum absolute atomic E-state index is 9.51. The highest BCUT2D eigenvalue weighted by Crippen LogP contribution is 2.18. The number of nitrogens with zero attached hydrogens (tertiary/aromatic N) is 1. The third kappa shape index (κ3) is 4.00. The van der Waals surface area contributed by atoms with E-state index in [-0.39, 0.29) is 0 Å². The number of benzene rings is 1. The van der Waals surface area contributed by atoms with Gasteiger partial charge in [0.05, 0.1) is 6.10 Å². The van der Waals surface area contributed by atoms with Crippen LogP contribution in [-0.2, 0) is 0 Å². The third-order valence-corrected chi connectivity index (χ3v) is 3.47. The van der Waals surface area contributed by atoms with E-state index in [1.807, 2.05) is 24.3 Å². The van der Waals surface area contributed by atoms with Crippen LogP contribution < -0.4 is 4.74 Å². The number of rotatable bonds is 5. The van der Waals surface area contributed by atoms with Crippen LogP contribution in [0.4, 0.5) is 0 Å². The first-order valence-electron chi connectivity index (χ1n) is 6.89. The average Bonchev–Trinajstić information content (AvgIpc) is 2.40. The van der Waals surface area contributed by atoms with Crippen LogP contribution in [0.2, 0.25) is 0 Å². The van der Waals surface area contributed by atoms with Gasteiger partial charge in [0, 0.05) is 6.54 Å². The lowest BCUT2D eigenvalue weighted by Gasteiger charge is -2.26. The average molecular weight is 249 g/mol. The lowest BCUT2D eigenvalue weighted by Crippen LogP contribution is -2.33. The molecule has 2 rings (SSSR count). The van der Waals surface area contributed by atoms with Gasteiger partial charge in [0.2, 0.25) is 0 Å². The van der Waals surface area contributed by atoms with E-state index >= 15 is 0 Å². The van der Waals surface area contributed by atoms with Crippen LogP contribution in [0, 0.1) is 0 Å². The standard InChI is InChI=1S/C15H23NO2/c1-13(17)14-6-5-7-15(12-14)18-11-10-16-8-3-2-4-9-16/h5-7,12-13,17H,2-4,8-11H2,1H3/t13-/m0/s1. The molecule has 1 heterocycles. The fraction of sp³-hybridized carbons (Fsp3) is 0.600. The quantitative estimate of drug-likeness (QED) is 0.870. The summed E-state index contributed by atoms with van der Waals surface area (Å²) in [6.45, 7) is 5.91. The maximum atomic E-state index is 9.51. The Labute approximate surface area is 109 Å². The van der Waals surface area contributed by atoms with Gasteiger partial charge in [-0.25, -0.2) is 0 Å². The Hall–Kier alpha value is -1.06. The first-order chi connectivity index (χ1) is 8.75. The molecule has 18 heavy (non-hydrogen) atoms. The van der Waals surface area contributed by atoms with Crippen molar-refractivity contribution < 1.29 is 9.84 Å². The molecule has 0 amide bonds. The van der Waals surface area contributed by atoms with E-state index in [9.17, 15) is 5.11 Å². The molecule has 0 bridgehead atoms. The predicted molar refractivity (Wildman–Crippen MR) is 72.9 cm³/mol. The van der Waals surface area contributed by atoms with Gasteiger partial charge in [-0.15, -0.1) is 0 Å². The van der Waals surface area contributed by atoms with E-state index in [4.69, 9.17) is 4.74 Å². The van der Waals surface area contributed by atoms with Gasteiger partial charge in [0.15, 0.2) is 0 Å². The van der Waals surface area contributed by atoms with Crippen molar-refractivity contribution in [2.45, 2.75) is 32.3 Å². The predicted octanol–water partition coefficient (Wildman–Crippen LogP) is 2.60. The molecular weight excluding hydrogens is 226 g/mol. The molecule has 1 aromatic rings. The van der Waals surface area contributed by atoms with Crippen LogP contribution in [0.25, 0.3) is 0 Å². The van der Waals surface area contributed by atoms with Crippen molar-refractivity contribution in [3.63, 3.8) is 0 Å². The number of aliphatic hydroxyl groups excluding tert-OH is 1. The number of hydrogen-bond donors (Lipinski definition) is 1. The Balaban J connectivity index is 1.77. The van der Waals surface area contributed by atoms with Crippen LogP contribution in [0.1, 0.15) is 37.9 Å². The van der Waals surface area contributed by atoms with E-state index in [0.29, 0.717) is 0 Å². The molecule has 1 saturated heterocycles. The fourth-order valence-electron chi connectivity index (χ4n) is 2.34. The van der Waals surface area contributed by atoms with Gasteiger partial charge in [0.1, 0.15) is 12.4 Å². The monoisotopic (exact) mass is 249 g/mol. The van der Waals surface area contributed by atoms with Crippen LogP contribution in [-0.4, -0.2) is 36.2 Å². The van der Waals surface area contributed by atoms with E-state index in [1.54, 1.807) is 6.92 Å². The molecule has 1 aliphatic rings. The van der Waals surface area contributed by atoms with E-state index in [0.717, 1.165) is 24.5 Å². The highest BCUT2D eigenvalue weighted by Gasteiger charge is 2.09. The summed E-state index contributed by atoms with van der Waals surface area (Å²) in [5, 5.41) is 9.51. The van der Waals surface area contributed by atoms with Crippen molar-refractivity contribution in [2.75, 3.05) is 26.2 Å². The number of ether oxygens (including phenoxy) is 1. The number of likely N-dealkylation sites (tertiary alicyclic amines) is 1. The molecule has 0 aliphatic carbocycles. The van der Waals surface area contributed by atoms with Crippen LogP contribution in [0.5, 0.6) is 5.75 Å². The topological polar surface area (TPSA) is 32.7 Å². The lowest BCUT2D eigenvalue weighted by atomic mass is 10.1. The summed E-state index contributed by atoms with van der Waals surface area (Å²) in [4.78, 5) is 2.46. The van der Waals surface area contributed by atoms with Gasteiger partial charge in [0.25, 0.3) is 0 Å². The smallest absolute Gasteiger partial charge is 0.119 e. The minimum absolute atomic E-state index is 0.435. The minimum atomic E-state index is -0.435. The molecule has 1 aliphatic heterocycles. The second-order valence-electron chi connectivity index (χ2n) is 5.00. The molecule has 100 valence electrons. The first-order valence-corrected chi connectivity index (χ1v) is 6.89. The number of hydrogen-bond acceptors (Lipinski definition) is 3. The summed E-state index contributed by atoms with van der Waals surface area (Å²) in [6, 6.07) is 7.71. The zero-order chi connectivity index (χ0) is 12.8. The normalized spacial score (nSPS) is 18.6. The summed E-state index contributed by atoms with van der Waals surface area (Å²) in [6.07, 6.45) is 3.57. The van der Waals surface area contributed by atoms with Crippen LogP contribution in [0.15, 0.2) is 24.3 Å². The van der Waals surface area contributed by atoms with Crippen molar-refractivity contribution in [3.8, 4) is 5.75 Å². The molecular formula is C15H23NO2. The molecule has 1 atom stereocenters. The van der Waals surface area contributed by atoms with Gasteiger partial charge in [-0.1, -0.05) is 18.6 Å². The first kappa shape index (κ1) is 13.4. The summed E-state index contributed by atoms with van der Waals surface area (Å²) in [5.74, 6) is 0.852. The van der Waals surface area contributed by atoms with Crippen molar-refractivity contribution in [3.05, 3.63) is 29.8 Å². The zero-order valence-corrected chi connectivity index (χ0v) is 11.1. The van der Waals surface area contributed by atoms with Gasteiger partial charge in [-0.3, -0.25) is 4.90 Å². The van der Waals surface area contributed by atoms with Gasteiger partial charge < -0.3 is 9.84 Å². The number of aliphatic hydroxyl groups is 1. The van der Waals surface area contributed by atoms with Crippen molar-refractivity contribution in [1.82, 2.24) is 4.90 Å². The fourth-order valence-corrected chi connectivity index (χ4v) is 2.34. The molecule has 0 aromatic heterocycles. The van der Waals surface area contributed by atoms with Gasteiger partial charge in [-0.05, 0) is 50.6 Å². The van der Waals surface area contributed by atoms with Crippen molar-refractivity contribution >= 4 is 0 Å². The molecule has 0 radical (unpaired) electrons. The zero-order valence-electron chi connectivity index (χ0n) is 11.1. The van der Waals surface area contributed by atoms with E-state index < -0.39 is 6.10 Å². The molecule has 0 spiro atoms. The highest BCUT2D eigenvalue weighted by molar-refractivity contribution is 5.29. The van der Waals surface area contributed by atoms with E-state index in [2.05, 4.69) is 4.90 Å². The molecule has 1 N–H and O–H groups in total. The second kappa shape index (κ2) is 6.76. The van der Waals surface area contributed by atoms with Crippen LogP contribution in [0.3, 0.4) is 0 Å². The number of piperidine rings is 1. The Morgan fingerprint density at radius 2 is 2.06 bits per heavy atom. The summed E-state index contributed by atoms with van der Waals surface area (Å²) in [7, 11) is 0. The van der Waals surface area contributed by atoms with Gasteiger partial charge in [-0.2, -0.15) is 0 Å². The Morgan fingerprint density at radius 3 is 2.78 bits per heavy atom. The summed E-state index contributed by atoms with van der Waals surface area (Å²) in [5.41, 5.74) is 0.908. The van der Waals surface area contributed by atoms with Crippen LogP contribution >= 0.6 is 0 Å². The third-order valence-electron chi connectivity index (χ3n) is 3.47. The minimum Gasteiger partial charge on any atom is -0.492 e. The molecule has 0 unspecified atom stereocenters. The molecule has 1 aromatic carbocycles. The lowest BCUT2D eigenvalue weighted by molar-refractivity contribution is 0.181. The van der Waals surface area contributed by atoms with Crippen molar-refractivity contribution in [1.29, 1.82) is 0 Å². The molecule has 0 saturated carbocycles. The van der Waals surface area contributed by atoms with E-state index in [1.165, 1.54) is 32.4 Å². The summed E-state index contributed by atoms with van der Waals surface area (Å²) < 4.78 is 5.75. The Kier molecular flexibility index (Phi) is 5.02. The molecule has 1 fully saturated rings. The Morgan fingerprint density at radius 1 is 1.28 bits per heavy atom. The summed E-state index contributed by atoms with van der Waals surface area (Å²) >= 11 is 0. The molecule has 3 nitrogen and oxygen atoms in total. The SMILES string of the molecule is C[C@H](O)c1cccc(OCCN2CCCCC2)c1. The Bertz CT molecular complexity index is 359. The largest absolute Gasteiger partial charge is 0.492 e. The maximum Gasteiger partial charge on any atom is 0.119 e. The van der Waals surface area contributed by atoms with Crippen molar-refractivity contribution in [2.24, 2.45) is 0 Å². The van der Waals surface area contributed by atoms with Gasteiger partial charge >= 0.3 is 0 Å². The highest BCUT2D eigenvalue weighted by atomic mass is 16.5.